The Labute approximate surface area is 228 Å². The lowest BCUT2D eigenvalue weighted by atomic mass is 9.92. The average molecular weight is 565 g/mol. The number of aromatic nitrogens is 2. The molecule has 6 rings (SSSR count). The van der Waals surface area contributed by atoms with Gasteiger partial charge in [0.05, 0.1) is 22.4 Å². The number of alkyl halides is 3. The van der Waals surface area contributed by atoms with Gasteiger partial charge in [0.1, 0.15) is 5.69 Å². The van der Waals surface area contributed by atoms with Gasteiger partial charge >= 0.3 is 6.36 Å². The van der Waals surface area contributed by atoms with Crippen LogP contribution in [0.3, 0.4) is 0 Å². The summed E-state index contributed by atoms with van der Waals surface area (Å²) in [5.74, 6) is -2.69. The monoisotopic (exact) mass is 564 g/mol. The minimum absolute atomic E-state index is 0.0152. The summed E-state index contributed by atoms with van der Waals surface area (Å²) in [5, 5.41) is 15.0. The van der Waals surface area contributed by atoms with Gasteiger partial charge in [-0.05, 0) is 75.1 Å². The zero-order valence-electron chi connectivity index (χ0n) is 22.8. The Morgan fingerprint density at radius 3 is 2.35 bits per heavy atom. The molecule has 1 aliphatic heterocycles. The Morgan fingerprint density at radius 1 is 1.15 bits per heavy atom. The second-order valence-corrected chi connectivity index (χ2v) is 12.4. The number of ether oxygens (including phenoxy) is 1. The zero-order valence-corrected chi connectivity index (χ0v) is 22.8. The molecule has 2 saturated carbocycles. The molecule has 40 heavy (non-hydrogen) atoms. The van der Waals surface area contributed by atoms with E-state index >= 15 is 4.39 Å². The highest BCUT2D eigenvalue weighted by atomic mass is 19.4. The minimum Gasteiger partial charge on any atom is -0.402 e. The molecule has 1 saturated heterocycles. The lowest BCUT2D eigenvalue weighted by Crippen LogP contribution is -2.25. The summed E-state index contributed by atoms with van der Waals surface area (Å²) in [5.41, 5.74) is 6.16. The standard InChI is InChI=1S/C29H33F5N4O2/c1-12(2)24-22-21(20-16-10-36-11-17(16)20)19(9-28(3,4)39)38(14-5-6-14)26(22)23(31)25(37-24)15-7-13(35)8-18(30)27(15)40-29(32,33)34/h7-8,12,14,16-17,20,36,39H,5-6,9-11,35H2,1-4H3. The topological polar surface area (TPSA) is 85.3 Å². The third-order valence-electron chi connectivity index (χ3n) is 8.28. The Hall–Kier alpha value is -2.92. The van der Waals surface area contributed by atoms with Crippen molar-refractivity contribution in [3.05, 3.63) is 40.7 Å². The number of nitrogen functional groups attached to an aromatic ring is 1. The number of hydrogen-bond acceptors (Lipinski definition) is 5. The number of nitrogens with two attached hydrogens (primary N) is 1. The highest BCUT2D eigenvalue weighted by Gasteiger charge is 2.56. The van der Waals surface area contributed by atoms with Crippen molar-refractivity contribution in [2.75, 3.05) is 18.8 Å². The van der Waals surface area contributed by atoms with Gasteiger partial charge in [-0.2, -0.15) is 0 Å². The number of halogens is 5. The highest BCUT2D eigenvalue weighted by Crippen LogP contribution is 2.60. The van der Waals surface area contributed by atoms with Gasteiger partial charge in [-0.3, -0.25) is 0 Å². The van der Waals surface area contributed by atoms with Crippen molar-refractivity contribution in [3.8, 4) is 17.0 Å². The molecule has 0 bridgehead atoms. The predicted octanol–water partition coefficient (Wildman–Crippen LogP) is 6.17. The molecule has 1 aromatic carbocycles. The Balaban J connectivity index is 1.70. The number of pyridine rings is 1. The molecule has 3 aliphatic rings. The van der Waals surface area contributed by atoms with Crippen molar-refractivity contribution >= 4 is 16.6 Å². The van der Waals surface area contributed by atoms with Crippen LogP contribution in [0, 0.1) is 23.5 Å². The minimum atomic E-state index is -5.22. The van der Waals surface area contributed by atoms with E-state index < -0.39 is 40.6 Å². The zero-order chi connectivity index (χ0) is 28.9. The first-order chi connectivity index (χ1) is 18.7. The molecule has 2 atom stereocenters. The van der Waals surface area contributed by atoms with Crippen LogP contribution in [-0.2, 0) is 6.42 Å². The lowest BCUT2D eigenvalue weighted by Gasteiger charge is -2.21. The fraction of sp³-hybridized carbons (Fsp3) is 0.552. The highest BCUT2D eigenvalue weighted by molar-refractivity contribution is 5.93. The molecular formula is C29H33F5N4O2. The number of piperidine rings is 1. The SMILES string of the molecule is CC(C)c1nc(-c2cc(N)cc(F)c2OC(F)(F)F)c(F)c2c1c(C1C3CNCC31)c(CC(C)(C)O)n2C1CC1. The van der Waals surface area contributed by atoms with Gasteiger partial charge in [0, 0.05) is 35.3 Å². The van der Waals surface area contributed by atoms with Gasteiger partial charge in [-0.15, -0.1) is 13.2 Å². The van der Waals surface area contributed by atoms with Crippen molar-refractivity contribution in [1.82, 2.24) is 14.9 Å². The van der Waals surface area contributed by atoms with Crippen LogP contribution in [0.4, 0.5) is 27.6 Å². The van der Waals surface area contributed by atoms with E-state index in [9.17, 15) is 22.7 Å². The molecule has 3 fully saturated rings. The molecule has 0 spiro atoms. The fourth-order valence-corrected chi connectivity index (χ4v) is 6.61. The summed E-state index contributed by atoms with van der Waals surface area (Å²) in [6.45, 7) is 8.89. The number of rotatable bonds is 7. The van der Waals surface area contributed by atoms with Crippen molar-refractivity contribution in [2.24, 2.45) is 11.8 Å². The number of nitrogens with zero attached hydrogens (tertiary/aromatic N) is 2. The van der Waals surface area contributed by atoms with Gasteiger partial charge in [0.2, 0.25) is 0 Å². The third kappa shape index (κ3) is 4.60. The lowest BCUT2D eigenvalue weighted by molar-refractivity contribution is -0.275. The maximum atomic E-state index is 16.9. The maximum Gasteiger partial charge on any atom is 0.573 e. The van der Waals surface area contributed by atoms with E-state index in [1.165, 1.54) is 0 Å². The molecule has 0 radical (unpaired) electrons. The molecule has 0 amide bonds. The van der Waals surface area contributed by atoms with E-state index in [2.05, 4.69) is 15.0 Å². The summed E-state index contributed by atoms with van der Waals surface area (Å²) in [6.07, 6.45) is -3.32. The maximum absolute atomic E-state index is 16.9. The summed E-state index contributed by atoms with van der Waals surface area (Å²) in [4.78, 5) is 4.60. The molecule has 216 valence electrons. The molecule has 4 N–H and O–H groups in total. The summed E-state index contributed by atoms with van der Waals surface area (Å²) in [7, 11) is 0. The van der Waals surface area contributed by atoms with Gasteiger partial charge in [0.25, 0.3) is 0 Å². The largest absolute Gasteiger partial charge is 0.573 e. The Morgan fingerprint density at radius 2 is 1.80 bits per heavy atom. The number of nitrogens with one attached hydrogen (secondary N) is 1. The average Bonchev–Trinajstić information content (AvgIpc) is 3.70. The molecule has 2 unspecified atom stereocenters. The molecular weight excluding hydrogens is 531 g/mol. The van der Waals surface area contributed by atoms with Crippen molar-refractivity contribution < 1.29 is 31.8 Å². The van der Waals surface area contributed by atoms with E-state index in [4.69, 9.17) is 5.73 Å². The van der Waals surface area contributed by atoms with Crippen LogP contribution < -0.4 is 15.8 Å². The van der Waals surface area contributed by atoms with E-state index in [1.54, 1.807) is 13.8 Å². The number of anilines is 1. The molecule has 2 aliphatic carbocycles. The van der Waals surface area contributed by atoms with E-state index in [1.807, 2.05) is 18.4 Å². The molecule has 11 heteroatoms. The first-order valence-electron chi connectivity index (χ1n) is 13.7. The van der Waals surface area contributed by atoms with Crippen LogP contribution in [0.15, 0.2) is 12.1 Å². The summed E-state index contributed by atoms with van der Waals surface area (Å²) < 4.78 is 77.6. The number of benzene rings is 1. The second-order valence-electron chi connectivity index (χ2n) is 12.4. The molecule has 2 aromatic heterocycles. The quantitative estimate of drug-likeness (QED) is 0.236. The smallest absolute Gasteiger partial charge is 0.402 e. The van der Waals surface area contributed by atoms with E-state index in [-0.39, 0.29) is 35.5 Å². The van der Waals surface area contributed by atoms with Crippen molar-refractivity contribution in [3.63, 3.8) is 0 Å². The molecule has 6 nitrogen and oxygen atoms in total. The normalized spacial score (nSPS) is 22.8. The third-order valence-corrected chi connectivity index (χ3v) is 8.28. The first-order valence-corrected chi connectivity index (χ1v) is 13.7. The van der Waals surface area contributed by atoms with Crippen LogP contribution >= 0.6 is 0 Å². The Kier molecular flexibility index (Phi) is 6.16. The van der Waals surface area contributed by atoms with Crippen LogP contribution in [0.25, 0.3) is 22.2 Å². The van der Waals surface area contributed by atoms with Gasteiger partial charge in [-0.1, -0.05) is 13.8 Å². The van der Waals surface area contributed by atoms with E-state index in [0.29, 0.717) is 29.0 Å². The van der Waals surface area contributed by atoms with Crippen LogP contribution in [0.1, 0.15) is 75.4 Å². The van der Waals surface area contributed by atoms with Crippen LogP contribution in [0.5, 0.6) is 5.75 Å². The van der Waals surface area contributed by atoms with Crippen LogP contribution in [-0.4, -0.2) is 39.7 Å². The molecule has 3 aromatic rings. The van der Waals surface area contributed by atoms with Crippen molar-refractivity contribution in [2.45, 2.75) is 76.8 Å². The van der Waals surface area contributed by atoms with Gasteiger partial charge in [-0.25, -0.2) is 13.8 Å². The van der Waals surface area contributed by atoms with E-state index in [0.717, 1.165) is 43.3 Å². The number of hydrogen-bond donors (Lipinski definition) is 3. The predicted molar refractivity (Wildman–Crippen MR) is 141 cm³/mol. The van der Waals surface area contributed by atoms with Gasteiger partial charge in [0.15, 0.2) is 17.4 Å². The van der Waals surface area contributed by atoms with Gasteiger partial charge < -0.3 is 25.5 Å². The van der Waals surface area contributed by atoms with Crippen LogP contribution in [0.2, 0.25) is 0 Å². The number of fused-ring (bicyclic) bond motifs is 2. The first kappa shape index (κ1) is 27.3. The fourth-order valence-electron chi connectivity index (χ4n) is 6.61. The second kappa shape index (κ2) is 9.04. The summed E-state index contributed by atoms with van der Waals surface area (Å²) >= 11 is 0. The number of aliphatic hydroxyl groups is 1. The Bertz CT molecular complexity index is 1490. The summed E-state index contributed by atoms with van der Waals surface area (Å²) in [6, 6.07) is 1.75. The molecule has 3 heterocycles. The van der Waals surface area contributed by atoms with Crippen molar-refractivity contribution in [1.29, 1.82) is 0 Å².